The molecule has 0 aliphatic heterocycles. The summed E-state index contributed by atoms with van der Waals surface area (Å²) in [5.41, 5.74) is 4.22. The summed E-state index contributed by atoms with van der Waals surface area (Å²) in [7, 11) is 2.75. The molecule has 0 saturated heterocycles. The minimum Gasteiger partial charge on any atom is -0.468 e. The lowest BCUT2D eigenvalue weighted by Crippen LogP contribution is -2.41. The summed E-state index contributed by atoms with van der Waals surface area (Å²) < 4.78 is 10.5. The number of hydrogen-bond acceptors (Lipinski definition) is 5. The Balaban J connectivity index is 2.15. The molecule has 9 nitrogen and oxygen atoms in total. The van der Waals surface area contributed by atoms with Crippen molar-refractivity contribution in [2.45, 2.75) is 34.2 Å². The number of carbonyl (C=O) groups excluding carboxylic acids is 1. The third kappa shape index (κ3) is 2.69. The van der Waals surface area contributed by atoms with E-state index in [4.69, 9.17) is 0 Å². The summed E-state index contributed by atoms with van der Waals surface area (Å²) in [4.78, 5) is 42.3. The molecule has 0 aliphatic rings. The fourth-order valence-electron chi connectivity index (χ4n) is 3.97. The maximum Gasteiger partial charge on any atom is 0.333 e. The third-order valence-corrected chi connectivity index (χ3v) is 5.50. The second-order valence-corrected chi connectivity index (χ2v) is 7.58. The van der Waals surface area contributed by atoms with Crippen molar-refractivity contribution < 1.29 is 9.53 Å². The molecule has 0 spiro atoms. The first-order chi connectivity index (χ1) is 14.1. The maximum atomic E-state index is 13.2. The lowest BCUT2D eigenvalue weighted by Gasteiger charge is -2.09. The molecule has 3 heterocycles. The predicted molar refractivity (Wildman–Crippen MR) is 112 cm³/mol. The normalized spacial score (nSPS) is 11.5. The van der Waals surface area contributed by atoms with E-state index in [1.165, 1.54) is 18.7 Å². The van der Waals surface area contributed by atoms with Crippen LogP contribution in [0.3, 0.4) is 0 Å². The number of fused-ring (bicyclic) bond motifs is 3. The van der Waals surface area contributed by atoms with Crippen LogP contribution in [0.25, 0.3) is 22.6 Å². The van der Waals surface area contributed by atoms with Crippen LogP contribution in [0, 0.1) is 27.7 Å². The Kier molecular flexibility index (Phi) is 4.41. The number of methoxy groups -OCH3 is 1. The Morgan fingerprint density at radius 3 is 2.27 bits per heavy atom. The number of esters is 1. The Morgan fingerprint density at radius 1 is 1.03 bits per heavy atom. The van der Waals surface area contributed by atoms with Crippen molar-refractivity contribution in [1.82, 2.24) is 23.1 Å². The first kappa shape index (κ1) is 19.7. The molecule has 0 saturated carbocycles. The first-order valence-electron chi connectivity index (χ1n) is 9.51. The van der Waals surface area contributed by atoms with Gasteiger partial charge in [0.1, 0.15) is 6.54 Å². The second kappa shape index (κ2) is 6.72. The molecule has 9 heteroatoms. The molecular weight excluding hydrogens is 386 g/mol. The van der Waals surface area contributed by atoms with E-state index in [-0.39, 0.29) is 11.2 Å². The topological polar surface area (TPSA) is 92.5 Å². The average Bonchev–Trinajstić information content (AvgIpc) is 3.18. The van der Waals surface area contributed by atoms with E-state index in [1.807, 2.05) is 44.4 Å². The highest BCUT2D eigenvalue weighted by molar-refractivity contribution is 5.78. The number of rotatable bonds is 3. The fourth-order valence-corrected chi connectivity index (χ4v) is 3.97. The average molecular weight is 409 g/mol. The highest BCUT2D eigenvalue weighted by Crippen LogP contribution is 2.25. The Bertz CT molecular complexity index is 1450. The van der Waals surface area contributed by atoms with Crippen LogP contribution < -0.4 is 11.2 Å². The van der Waals surface area contributed by atoms with Crippen LogP contribution >= 0.6 is 0 Å². The first-order valence-corrected chi connectivity index (χ1v) is 9.51. The molecule has 0 unspecified atom stereocenters. The molecule has 0 atom stereocenters. The lowest BCUT2D eigenvalue weighted by molar-refractivity contribution is -0.141. The molecule has 30 heavy (non-hydrogen) atoms. The molecule has 156 valence electrons. The van der Waals surface area contributed by atoms with Crippen LogP contribution in [0.15, 0.2) is 27.8 Å². The number of aromatic nitrogens is 5. The van der Waals surface area contributed by atoms with Crippen LogP contribution in [-0.4, -0.2) is 36.2 Å². The number of benzene rings is 1. The van der Waals surface area contributed by atoms with Crippen LogP contribution in [0.5, 0.6) is 0 Å². The molecule has 1 aromatic carbocycles. The van der Waals surface area contributed by atoms with Gasteiger partial charge in [0, 0.05) is 24.1 Å². The van der Waals surface area contributed by atoms with Crippen molar-refractivity contribution in [3.63, 3.8) is 0 Å². The molecule has 4 rings (SSSR count). The monoisotopic (exact) mass is 409 g/mol. The van der Waals surface area contributed by atoms with Crippen LogP contribution in [0.4, 0.5) is 0 Å². The zero-order valence-electron chi connectivity index (χ0n) is 17.8. The summed E-state index contributed by atoms with van der Waals surface area (Å²) in [6, 6.07) is 6.18. The lowest BCUT2D eigenvalue weighted by atomic mass is 10.1. The van der Waals surface area contributed by atoms with Gasteiger partial charge in [-0.15, -0.1) is 0 Å². The van der Waals surface area contributed by atoms with Gasteiger partial charge in [-0.2, -0.15) is 4.98 Å². The number of nitrogens with zero attached hydrogens (tertiary/aromatic N) is 5. The molecule has 0 aliphatic carbocycles. The molecule has 3 aromatic heterocycles. The highest BCUT2D eigenvalue weighted by Gasteiger charge is 2.24. The van der Waals surface area contributed by atoms with Gasteiger partial charge in [0.2, 0.25) is 5.78 Å². The van der Waals surface area contributed by atoms with Crippen molar-refractivity contribution in [3.05, 3.63) is 61.6 Å². The SMILES string of the molecule is COC(=O)Cn1c(=O)c2c(nc3n(-c4cc(C)cc(C)c4)c(C)c(C)n23)n(C)c1=O. The molecular formula is C21H23N5O4. The van der Waals surface area contributed by atoms with E-state index in [2.05, 4.69) is 15.8 Å². The predicted octanol–water partition coefficient (Wildman–Crippen LogP) is 1.55. The number of hydrogen-bond donors (Lipinski definition) is 0. The maximum absolute atomic E-state index is 13.2. The smallest absolute Gasteiger partial charge is 0.333 e. The minimum atomic E-state index is -0.671. The van der Waals surface area contributed by atoms with Gasteiger partial charge >= 0.3 is 11.7 Å². The van der Waals surface area contributed by atoms with Crippen molar-refractivity contribution in [1.29, 1.82) is 0 Å². The van der Waals surface area contributed by atoms with Crippen LogP contribution in [0.2, 0.25) is 0 Å². The van der Waals surface area contributed by atoms with Gasteiger partial charge in [0.25, 0.3) is 5.56 Å². The zero-order valence-corrected chi connectivity index (χ0v) is 17.8. The summed E-state index contributed by atoms with van der Waals surface area (Å²) in [6.45, 7) is 7.45. The molecule has 0 amide bonds. The summed E-state index contributed by atoms with van der Waals surface area (Å²) in [5, 5.41) is 0. The number of imidazole rings is 2. The van der Waals surface area contributed by atoms with E-state index in [1.54, 1.807) is 4.40 Å². The minimum absolute atomic E-state index is 0.250. The van der Waals surface area contributed by atoms with Crippen molar-refractivity contribution in [3.8, 4) is 5.69 Å². The Labute approximate surface area is 171 Å². The van der Waals surface area contributed by atoms with Gasteiger partial charge in [-0.3, -0.25) is 23.1 Å². The van der Waals surface area contributed by atoms with E-state index in [0.717, 1.165) is 32.8 Å². The van der Waals surface area contributed by atoms with Crippen LogP contribution in [0.1, 0.15) is 22.5 Å². The van der Waals surface area contributed by atoms with Crippen LogP contribution in [-0.2, 0) is 23.1 Å². The molecule has 0 bridgehead atoms. The number of ether oxygens (including phenoxy) is 1. The molecule has 0 fully saturated rings. The Morgan fingerprint density at radius 2 is 1.67 bits per heavy atom. The van der Waals surface area contributed by atoms with E-state index in [0.29, 0.717) is 5.78 Å². The summed E-state index contributed by atoms with van der Waals surface area (Å²) in [5.74, 6) is -0.136. The Hall–Kier alpha value is -3.62. The van der Waals surface area contributed by atoms with E-state index in [9.17, 15) is 14.4 Å². The van der Waals surface area contributed by atoms with Gasteiger partial charge in [0.15, 0.2) is 11.2 Å². The second-order valence-electron chi connectivity index (χ2n) is 7.58. The van der Waals surface area contributed by atoms with Crippen molar-refractivity contribution in [2.24, 2.45) is 7.05 Å². The third-order valence-electron chi connectivity index (χ3n) is 5.50. The van der Waals surface area contributed by atoms with Gasteiger partial charge < -0.3 is 4.74 Å². The van der Waals surface area contributed by atoms with Crippen molar-refractivity contribution in [2.75, 3.05) is 7.11 Å². The standard InChI is InChI=1S/C21H23N5O4/c1-11-7-12(2)9-15(8-11)25-13(3)14(4)26-17-18(22-20(25)26)23(5)21(29)24(19(17)28)10-16(27)30-6/h7-9H,10H2,1-6H3. The van der Waals surface area contributed by atoms with Gasteiger partial charge in [-0.25, -0.2) is 9.36 Å². The van der Waals surface area contributed by atoms with E-state index >= 15 is 0 Å². The zero-order chi connectivity index (χ0) is 21.9. The summed E-state index contributed by atoms with van der Waals surface area (Å²) in [6.07, 6.45) is 0. The summed E-state index contributed by atoms with van der Waals surface area (Å²) >= 11 is 0. The quantitative estimate of drug-likeness (QED) is 0.479. The molecule has 0 N–H and O–H groups in total. The highest BCUT2D eigenvalue weighted by atomic mass is 16.5. The fraction of sp³-hybridized carbons (Fsp3) is 0.333. The largest absolute Gasteiger partial charge is 0.468 e. The van der Waals surface area contributed by atoms with Gasteiger partial charge in [-0.1, -0.05) is 6.07 Å². The van der Waals surface area contributed by atoms with Gasteiger partial charge in [-0.05, 0) is 51.0 Å². The molecule has 4 aromatic rings. The number of aryl methyl sites for hydroxylation is 4. The van der Waals surface area contributed by atoms with Gasteiger partial charge in [0.05, 0.1) is 7.11 Å². The van der Waals surface area contributed by atoms with Crippen molar-refractivity contribution >= 4 is 22.9 Å². The number of carbonyl (C=O) groups is 1. The molecule has 0 radical (unpaired) electrons. The van der Waals surface area contributed by atoms with E-state index < -0.39 is 23.8 Å².